The van der Waals surface area contributed by atoms with Crippen LogP contribution in [-0.2, 0) is 14.9 Å². The van der Waals surface area contributed by atoms with Crippen molar-refractivity contribution < 1.29 is 27.2 Å². The molecule has 0 spiro atoms. The zero-order valence-corrected chi connectivity index (χ0v) is 20.8. The first-order valence-electron chi connectivity index (χ1n) is 9.74. The second-order valence-corrected chi connectivity index (χ2v) is 10.4. The fraction of sp³-hybridized carbons (Fsp3) is 0.125. The van der Waals surface area contributed by atoms with Gasteiger partial charge < -0.3 is 14.0 Å². The standard InChI is InChI=1S/C24H21BrO6S2/c1-33(28,29)31-19-9-5-8-18(14-19)21(17-6-3-2-4-7-17)12-13-32-20-10-11-23(22(25)15-20)30-16-24(26)27/h2-12,14-15H,13,16H2,1H3,(H,26,27). The molecule has 0 heterocycles. The maximum atomic E-state index is 11.5. The van der Waals surface area contributed by atoms with Gasteiger partial charge in [-0.3, -0.25) is 0 Å². The van der Waals surface area contributed by atoms with Gasteiger partial charge in [-0.1, -0.05) is 48.5 Å². The number of aliphatic carboxylic acids is 1. The number of carboxylic acids is 1. The number of ether oxygens (including phenoxy) is 1. The van der Waals surface area contributed by atoms with Gasteiger partial charge in [-0.05, 0) is 63.0 Å². The van der Waals surface area contributed by atoms with Gasteiger partial charge in [-0.15, -0.1) is 11.8 Å². The number of carboxylic acid groups (broad SMARTS) is 1. The Bertz CT molecular complexity index is 1260. The van der Waals surface area contributed by atoms with Crippen LogP contribution in [0, 0.1) is 0 Å². The van der Waals surface area contributed by atoms with Crippen molar-refractivity contribution >= 4 is 49.4 Å². The highest BCUT2D eigenvalue weighted by molar-refractivity contribution is 9.10. The minimum absolute atomic E-state index is 0.255. The summed E-state index contributed by atoms with van der Waals surface area (Å²) in [5.41, 5.74) is 2.78. The van der Waals surface area contributed by atoms with E-state index in [-0.39, 0.29) is 5.75 Å². The predicted molar refractivity (Wildman–Crippen MR) is 133 cm³/mol. The normalized spacial score (nSPS) is 11.8. The van der Waals surface area contributed by atoms with E-state index >= 15 is 0 Å². The van der Waals surface area contributed by atoms with Gasteiger partial charge in [0.15, 0.2) is 6.61 Å². The second-order valence-electron chi connectivity index (χ2n) is 6.88. The predicted octanol–water partition coefficient (Wildman–Crippen LogP) is 5.47. The molecule has 33 heavy (non-hydrogen) atoms. The van der Waals surface area contributed by atoms with Crippen molar-refractivity contribution in [3.63, 3.8) is 0 Å². The molecule has 0 saturated heterocycles. The van der Waals surface area contributed by atoms with Crippen LogP contribution in [0.1, 0.15) is 11.1 Å². The number of benzene rings is 3. The van der Waals surface area contributed by atoms with E-state index in [9.17, 15) is 13.2 Å². The molecule has 3 rings (SSSR count). The van der Waals surface area contributed by atoms with Crippen LogP contribution in [0.2, 0.25) is 0 Å². The van der Waals surface area contributed by atoms with Crippen LogP contribution >= 0.6 is 27.7 Å². The molecule has 0 aromatic heterocycles. The van der Waals surface area contributed by atoms with Crippen molar-refractivity contribution in [3.8, 4) is 11.5 Å². The molecule has 9 heteroatoms. The van der Waals surface area contributed by atoms with Crippen LogP contribution < -0.4 is 8.92 Å². The second kappa shape index (κ2) is 11.4. The van der Waals surface area contributed by atoms with Crippen LogP contribution in [0.15, 0.2) is 88.2 Å². The lowest BCUT2D eigenvalue weighted by molar-refractivity contribution is -0.139. The van der Waals surface area contributed by atoms with Crippen molar-refractivity contribution in [1.82, 2.24) is 0 Å². The summed E-state index contributed by atoms with van der Waals surface area (Å²) in [5, 5.41) is 8.76. The van der Waals surface area contributed by atoms with Crippen LogP contribution in [0.4, 0.5) is 0 Å². The van der Waals surface area contributed by atoms with E-state index in [4.69, 9.17) is 14.0 Å². The molecule has 3 aromatic carbocycles. The molecule has 0 unspecified atom stereocenters. The Hall–Kier alpha value is -2.75. The molecular weight excluding hydrogens is 528 g/mol. The summed E-state index contributed by atoms with van der Waals surface area (Å²) in [7, 11) is -3.62. The molecule has 0 atom stereocenters. The number of hydrogen-bond donors (Lipinski definition) is 1. The third-order valence-electron chi connectivity index (χ3n) is 4.27. The molecule has 1 N–H and O–H groups in total. The summed E-state index contributed by atoms with van der Waals surface area (Å²) in [6.45, 7) is -0.406. The fourth-order valence-corrected chi connectivity index (χ4v) is 4.87. The summed E-state index contributed by atoms with van der Waals surface area (Å²) in [6.07, 6.45) is 3.09. The SMILES string of the molecule is CS(=O)(=O)Oc1cccc(C(=CCSc2ccc(OCC(=O)O)c(Br)c2)c2ccccc2)c1. The molecule has 0 aliphatic carbocycles. The van der Waals surface area contributed by atoms with Crippen molar-refractivity contribution in [3.05, 3.63) is 94.5 Å². The molecule has 3 aromatic rings. The number of carbonyl (C=O) groups is 1. The van der Waals surface area contributed by atoms with Gasteiger partial charge in [-0.25, -0.2) is 4.79 Å². The molecule has 172 valence electrons. The first kappa shape index (κ1) is 24.9. The highest BCUT2D eigenvalue weighted by Gasteiger charge is 2.10. The average Bonchev–Trinajstić information content (AvgIpc) is 2.75. The molecule has 0 aliphatic rings. The molecule has 0 fully saturated rings. The highest BCUT2D eigenvalue weighted by Crippen LogP contribution is 2.32. The van der Waals surface area contributed by atoms with Crippen molar-refractivity contribution in [2.24, 2.45) is 0 Å². The highest BCUT2D eigenvalue weighted by atomic mass is 79.9. The zero-order valence-electron chi connectivity index (χ0n) is 17.6. The van der Waals surface area contributed by atoms with E-state index in [1.54, 1.807) is 36.0 Å². The molecule has 0 radical (unpaired) electrons. The van der Waals surface area contributed by atoms with Crippen LogP contribution in [-0.4, -0.2) is 38.1 Å². The Morgan fingerprint density at radius 1 is 1.03 bits per heavy atom. The van der Waals surface area contributed by atoms with E-state index in [0.29, 0.717) is 16.0 Å². The van der Waals surface area contributed by atoms with Gasteiger partial charge in [0.1, 0.15) is 11.5 Å². The molecule has 0 saturated carbocycles. The first-order chi connectivity index (χ1) is 15.7. The van der Waals surface area contributed by atoms with E-state index in [1.165, 1.54) is 0 Å². The Balaban J connectivity index is 1.82. The summed E-state index contributed by atoms with van der Waals surface area (Å²) < 4.78 is 34.0. The van der Waals surface area contributed by atoms with Crippen molar-refractivity contribution in [1.29, 1.82) is 0 Å². The smallest absolute Gasteiger partial charge is 0.341 e. The maximum absolute atomic E-state index is 11.5. The number of hydrogen-bond acceptors (Lipinski definition) is 6. The monoisotopic (exact) mass is 548 g/mol. The maximum Gasteiger partial charge on any atom is 0.341 e. The van der Waals surface area contributed by atoms with E-state index in [0.717, 1.165) is 27.9 Å². The molecule has 6 nitrogen and oxygen atoms in total. The van der Waals surface area contributed by atoms with Gasteiger partial charge in [0.2, 0.25) is 0 Å². The molecule has 0 aliphatic heterocycles. The topological polar surface area (TPSA) is 89.9 Å². The average molecular weight is 549 g/mol. The Morgan fingerprint density at radius 2 is 1.76 bits per heavy atom. The summed E-state index contributed by atoms with van der Waals surface area (Å²) >= 11 is 5.01. The third kappa shape index (κ3) is 7.96. The largest absolute Gasteiger partial charge is 0.481 e. The number of thioether (sulfide) groups is 1. The van der Waals surface area contributed by atoms with E-state index in [1.807, 2.05) is 48.5 Å². The number of rotatable bonds is 10. The minimum atomic E-state index is -3.62. The van der Waals surface area contributed by atoms with Gasteiger partial charge in [0, 0.05) is 10.6 Å². The Morgan fingerprint density at radius 3 is 2.42 bits per heavy atom. The first-order valence-corrected chi connectivity index (χ1v) is 13.3. The fourth-order valence-electron chi connectivity index (χ4n) is 2.96. The Kier molecular flexibility index (Phi) is 8.60. The number of halogens is 1. The quantitative estimate of drug-likeness (QED) is 0.265. The minimum Gasteiger partial charge on any atom is -0.481 e. The molecular formula is C24H21BrO6S2. The lowest BCUT2D eigenvalue weighted by Crippen LogP contribution is -2.09. The van der Waals surface area contributed by atoms with E-state index < -0.39 is 22.7 Å². The summed E-state index contributed by atoms with van der Waals surface area (Å²) in [5.74, 6) is 0.323. The van der Waals surface area contributed by atoms with E-state index in [2.05, 4.69) is 22.0 Å². The van der Waals surface area contributed by atoms with Gasteiger partial charge in [0.25, 0.3) is 0 Å². The van der Waals surface area contributed by atoms with Crippen LogP contribution in [0.5, 0.6) is 11.5 Å². The third-order valence-corrected chi connectivity index (χ3v) is 6.30. The Labute approximate surface area is 205 Å². The van der Waals surface area contributed by atoms with Gasteiger partial charge in [0.05, 0.1) is 10.7 Å². The molecule has 0 bridgehead atoms. The molecule has 0 amide bonds. The zero-order chi connectivity index (χ0) is 23.8. The lowest BCUT2D eigenvalue weighted by Gasteiger charge is -2.11. The van der Waals surface area contributed by atoms with Crippen molar-refractivity contribution in [2.45, 2.75) is 4.90 Å². The van der Waals surface area contributed by atoms with Crippen molar-refractivity contribution in [2.75, 3.05) is 18.6 Å². The van der Waals surface area contributed by atoms with Crippen LogP contribution in [0.25, 0.3) is 5.57 Å². The van der Waals surface area contributed by atoms with Gasteiger partial charge >= 0.3 is 16.1 Å². The van der Waals surface area contributed by atoms with Gasteiger partial charge in [-0.2, -0.15) is 8.42 Å². The lowest BCUT2D eigenvalue weighted by atomic mass is 9.98. The van der Waals surface area contributed by atoms with Crippen LogP contribution in [0.3, 0.4) is 0 Å². The summed E-state index contributed by atoms with van der Waals surface area (Å²) in [6, 6.07) is 22.2. The summed E-state index contributed by atoms with van der Waals surface area (Å²) in [4.78, 5) is 11.7.